The molecule has 17 heavy (non-hydrogen) atoms. The summed E-state index contributed by atoms with van der Waals surface area (Å²) >= 11 is 0. The van der Waals surface area contributed by atoms with Gasteiger partial charge in [0.1, 0.15) is 6.04 Å². The minimum atomic E-state index is -0.240. The van der Waals surface area contributed by atoms with E-state index in [1.54, 1.807) is 0 Å². The molecule has 1 saturated heterocycles. The second-order valence-corrected chi connectivity index (χ2v) is 4.43. The zero-order valence-corrected chi connectivity index (χ0v) is 11.1. The lowest BCUT2D eigenvalue weighted by Gasteiger charge is -2.26. The molecule has 0 saturated carbocycles. The molecule has 1 aliphatic rings. The van der Waals surface area contributed by atoms with E-state index < -0.39 is 0 Å². The SMILES string of the molecule is CCNC(CN1CCCOC(C)C1)C(=O)OC. The van der Waals surface area contributed by atoms with Crippen molar-refractivity contribution in [1.82, 2.24) is 10.2 Å². The van der Waals surface area contributed by atoms with Crippen molar-refractivity contribution in [2.45, 2.75) is 32.4 Å². The number of ether oxygens (including phenoxy) is 2. The van der Waals surface area contributed by atoms with Crippen molar-refractivity contribution in [3.63, 3.8) is 0 Å². The van der Waals surface area contributed by atoms with E-state index in [1.165, 1.54) is 7.11 Å². The minimum absolute atomic E-state index is 0.190. The second-order valence-electron chi connectivity index (χ2n) is 4.43. The topological polar surface area (TPSA) is 50.8 Å². The lowest BCUT2D eigenvalue weighted by Crippen LogP contribution is -2.47. The van der Waals surface area contributed by atoms with E-state index in [-0.39, 0.29) is 18.1 Å². The van der Waals surface area contributed by atoms with Gasteiger partial charge in [-0.2, -0.15) is 0 Å². The smallest absolute Gasteiger partial charge is 0.324 e. The number of carbonyl (C=O) groups excluding carboxylic acids is 1. The molecule has 2 atom stereocenters. The normalized spacial score (nSPS) is 24.1. The van der Waals surface area contributed by atoms with Crippen LogP contribution in [0.4, 0.5) is 0 Å². The van der Waals surface area contributed by atoms with Crippen LogP contribution in [0.25, 0.3) is 0 Å². The van der Waals surface area contributed by atoms with Crippen molar-refractivity contribution in [1.29, 1.82) is 0 Å². The molecule has 0 aromatic carbocycles. The van der Waals surface area contributed by atoms with Crippen LogP contribution < -0.4 is 5.32 Å². The molecule has 1 fully saturated rings. The molecule has 1 heterocycles. The fraction of sp³-hybridized carbons (Fsp3) is 0.917. The monoisotopic (exact) mass is 244 g/mol. The number of hydrogen-bond acceptors (Lipinski definition) is 5. The van der Waals surface area contributed by atoms with Crippen LogP contribution in [0, 0.1) is 0 Å². The van der Waals surface area contributed by atoms with Gasteiger partial charge in [-0.25, -0.2) is 0 Å². The average Bonchev–Trinajstić information content (AvgIpc) is 2.52. The van der Waals surface area contributed by atoms with E-state index in [4.69, 9.17) is 9.47 Å². The van der Waals surface area contributed by atoms with Gasteiger partial charge in [0.25, 0.3) is 0 Å². The first-order chi connectivity index (χ1) is 8.17. The van der Waals surface area contributed by atoms with Crippen LogP contribution in [-0.2, 0) is 14.3 Å². The quantitative estimate of drug-likeness (QED) is 0.703. The second kappa shape index (κ2) is 7.63. The Morgan fingerprint density at radius 3 is 3.06 bits per heavy atom. The number of hydrogen-bond donors (Lipinski definition) is 1. The van der Waals surface area contributed by atoms with Crippen LogP contribution in [0.1, 0.15) is 20.3 Å². The third kappa shape index (κ3) is 5.02. The van der Waals surface area contributed by atoms with Crippen LogP contribution in [0.15, 0.2) is 0 Å². The molecule has 0 aromatic rings. The van der Waals surface area contributed by atoms with Crippen molar-refractivity contribution in [2.75, 3.05) is 39.9 Å². The maximum Gasteiger partial charge on any atom is 0.324 e. The van der Waals surface area contributed by atoms with Crippen LogP contribution in [-0.4, -0.2) is 62.9 Å². The van der Waals surface area contributed by atoms with Crippen LogP contribution in [0.3, 0.4) is 0 Å². The Morgan fingerprint density at radius 1 is 1.65 bits per heavy atom. The third-order valence-corrected chi connectivity index (χ3v) is 2.91. The summed E-state index contributed by atoms with van der Waals surface area (Å²) in [6.45, 7) is 8.17. The van der Waals surface area contributed by atoms with Crippen LogP contribution in [0.2, 0.25) is 0 Å². The van der Waals surface area contributed by atoms with Gasteiger partial charge in [-0.3, -0.25) is 9.69 Å². The summed E-state index contributed by atoms with van der Waals surface area (Å²) in [5, 5.41) is 3.16. The zero-order chi connectivity index (χ0) is 12.7. The number of nitrogens with one attached hydrogen (secondary N) is 1. The number of rotatable bonds is 5. The van der Waals surface area contributed by atoms with Gasteiger partial charge in [0.05, 0.1) is 13.2 Å². The Labute approximate surface area is 103 Å². The number of nitrogens with zero attached hydrogens (tertiary/aromatic N) is 1. The molecule has 0 aliphatic carbocycles. The first kappa shape index (κ1) is 14.4. The van der Waals surface area contributed by atoms with E-state index in [0.717, 1.165) is 32.7 Å². The molecule has 0 aromatic heterocycles. The fourth-order valence-corrected chi connectivity index (χ4v) is 2.12. The van der Waals surface area contributed by atoms with Crippen LogP contribution in [0.5, 0.6) is 0 Å². The van der Waals surface area contributed by atoms with Gasteiger partial charge >= 0.3 is 5.97 Å². The lowest BCUT2D eigenvalue weighted by atomic mass is 10.2. The standard InChI is InChI=1S/C12H24N2O3/c1-4-13-11(12(15)16-3)9-14-6-5-7-17-10(2)8-14/h10-11,13H,4-9H2,1-3H3. The highest BCUT2D eigenvalue weighted by atomic mass is 16.5. The summed E-state index contributed by atoms with van der Waals surface area (Å²) in [6, 6.07) is -0.240. The van der Waals surface area contributed by atoms with Gasteiger partial charge in [0.15, 0.2) is 0 Å². The predicted octanol–water partition coefficient (Wildman–Crippen LogP) is 0.248. The molecule has 5 nitrogen and oxygen atoms in total. The Hall–Kier alpha value is -0.650. The summed E-state index contributed by atoms with van der Waals surface area (Å²) < 4.78 is 10.4. The number of esters is 1. The number of methoxy groups -OCH3 is 1. The molecular formula is C12H24N2O3. The first-order valence-corrected chi connectivity index (χ1v) is 6.32. The van der Waals surface area contributed by atoms with Gasteiger partial charge < -0.3 is 14.8 Å². The summed E-state index contributed by atoms with van der Waals surface area (Å²) in [4.78, 5) is 13.9. The van der Waals surface area contributed by atoms with Crippen LogP contribution >= 0.6 is 0 Å². The van der Waals surface area contributed by atoms with E-state index in [1.807, 2.05) is 6.92 Å². The molecular weight excluding hydrogens is 220 g/mol. The van der Waals surface area contributed by atoms with Gasteiger partial charge in [0.2, 0.25) is 0 Å². The van der Waals surface area contributed by atoms with Gasteiger partial charge in [0, 0.05) is 26.2 Å². The van der Waals surface area contributed by atoms with E-state index in [0.29, 0.717) is 6.54 Å². The Balaban J connectivity index is 2.49. The summed E-state index contributed by atoms with van der Waals surface area (Å²) in [6.07, 6.45) is 1.25. The summed E-state index contributed by atoms with van der Waals surface area (Å²) in [5.41, 5.74) is 0. The molecule has 1 rings (SSSR count). The van der Waals surface area contributed by atoms with Gasteiger partial charge in [-0.1, -0.05) is 6.92 Å². The molecule has 100 valence electrons. The molecule has 0 amide bonds. The Kier molecular flexibility index (Phi) is 6.47. The lowest BCUT2D eigenvalue weighted by molar-refractivity contribution is -0.143. The largest absolute Gasteiger partial charge is 0.468 e. The van der Waals surface area contributed by atoms with Crippen molar-refractivity contribution < 1.29 is 14.3 Å². The van der Waals surface area contributed by atoms with E-state index in [9.17, 15) is 4.79 Å². The minimum Gasteiger partial charge on any atom is -0.468 e. The summed E-state index contributed by atoms with van der Waals surface area (Å²) in [7, 11) is 1.43. The number of likely N-dealkylation sites (N-methyl/N-ethyl adjacent to an activating group) is 1. The zero-order valence-electron chi connectivity index (χ0n) is 11.1. The van der Waals surface area contributed by atoms with Crippen molar-refractivity contribution >= 4 is 5.97 Å². The van der Waals surface area contributed by atoms with Gasteiger partial charge in [-0.05, 0) is 19.9 Å². The Bertz CT molecular complexity index is 236. The first-order valence-electron chi connectivity index (χ1n) is 6.32. The van der Waals surface area contributed by atoms with Crippen molar-refractivity contribution in [2.24, 2.45) is 0 Å². The molecule has 0 spiro atoms. The molecule has 1 N–H and O–H groups in total. The molecule has 1 aliphatic heterocycles. The number of carbonyl (C=O) groups is 1. The highest BCUT2D eigenvalue weighted by Gasteiger charge is 2.23. The molecule has 2 unspecified atom stereocenters. The maximum atomic E-state index is 11.6. The van der Waals surface area contributed by atoms with Crippen molar-refractivity contribution in [3.8, 4) is 0 Å². The predicted molar refractivity (Wildman–Crippen MR) is 66.0 cm³/mol. The highest BCUT2D eigenvalue weighted by molar-refractivity contribution is 5.75. The Morgan fingerprint density at radius 2 is 2.41 bits per heavy atom. The van der Waals surface area contributed by atoms with E-state index in [2.05, 4.69) is 17.1 Å². The average molecular weight is 244 g/mol. The molecule has 0 bridgehead atoms. The van der Waals surface area contributed by atoms with Gasteiger partial charge in [-0.15, -0.1) is 0 Å². The molecule has 5 heteroatoms. The maximum absolute atomic E-state index is 11.6. The molecule has 0 radical (unpaired) electrons. The summed E-state index contributed by atoms with van der Waals surface area (Å²) in [5.74, 6) is -0.190. The van der Waals surface area contributed by atoms with Crippen molar-refractivity contribution in [3.05, 3.63) is 0 Å². The fourth-order valence-electron chi connectivity index (χ4n) is 2.12. The van der Waals surface area contributed by atoms with E-state index >= 15 is 0 Å². The highest BCUT2D eigenvalue weighted by Crippen LogP contribution is 2.06. The third-order valence-electron chi connectivity index (χ3n) is 2.91.